The number of rotatable bonds is 9. The van der Waals surface area contributed by atoms with Crippen LogP contribution in [0.15, 0.2) is 48.5 Å². The summed E-state index contributed by atoms with van der Waals surface area (Å²) < 4.78 is 19.0. The number of amides is 1. The molecule has 1 atom stereocenters. The van der Waals surface area contributed by atoms with Gasteiger partial charge in [0.05, 0.1) is 13.5 Å². The molecule has 1 fully saturated rings. The normalized spacial score (nSPS) is 19.8. The molecule has 31 heavy (non-hydrogen) atoms. The molecule has 2 aromatic rings. The number of nitrogens with zero attached hydrogens (tertiary/aromatic N) is 1. The maximum atomic E-state index is 13.7. The minimum atomic E-state index is -0.164. The number of carbonyl (C=O) groups excluding carboxylic acids is 1. The lowest BCUT2D eigenvalue weighted by molar-refractivity contribution is -0.120. The van der Waals surface area contributed by atoms with Crippen LogP contribution in [0.25, 0.3) is 0 Å². The first-order valence-corrected chi connectivity index (χ1v) is 11.3. The van der Waals surface area contributed by atoms with Crippen molar-refractivity contribution in [2.75, 3.05) is 27.7 Å². The summed E-state index contributed by atoms with van der Waals surface area (Å²) >= 11 is 0. The van der Waals surface area contributed by atoms with Crippen LogP contribution in [0.2, 0.25) is 0 Å². The second-order valence-corrected chi connectivity index (χ2v) is 8.91. The predicted octanol–water partition coefficient (Wildman–Crippen LogP) is 4.99. The van der Waals surface area contributed by atoms with E-state index in [1.807, 2.05) is 30.3 Å². The van der Waals surface area contributed by atoms with Gasteiger partial charge in [0, 0.05) is 12.6 Å². The molecular weight excluding hydrogens is 391 g/mol. The Kier molecular flexibility index (Phi) is 8.47. The Balaban J connectivity index is 1.42. The number of nitrogens with one attached hydrogen (secondary N) is 1. The minimum Gasteiger partial charge on any atom is -0.497 e. The Hall–Kier alpha value is -2.40. The van der Waals surface area contributed by atoms with Crippen molar-refractivity contribution in [3.8, 4) is 5.75 Å². The molecule has 1 amide bonds. The fourth-order valence-corrected chi connectivity index (χ4v) is 4.92. The van der Waals surface area contributed by atoms with Crippen molar-refractivity contribution in [2.24, 2.45) is 11.8 Å². The predicted molar refractivity (Wildman–Crippen MR) is 123 cm³/mol. The third kappa shape index (κ3) is 6.79. The fourth-order valence-electron chi connectivity index (χ4n) is 4.92. The summed E-state index contributed by atoms with van der Waals surface area (Å²) in [5, 5.41) is 3.07. The van der Waals surface area contributed by atoms with Gasteiger partial charge in [-0.3, -0.25) is 4.79 Å². The summed E-state index contributed by atoms with van der Waals surface area (Å²) in [4.78, 5) is 14.5. The van der Waals surface area contributed by atoms with Gasteiger partial charge >= 0.3 is 0 Å². The third-order valence-corrected chi connectivity index (χ3v) is 6.46. The smallest absolute Gasteiger partial charge is 0.224 e. The number of carbonyl (C=O) groups is 1. The molecule has 3 rings (SSSR count). The largest absolute Gasteiger partial charge is 0.497 e. The summed E-state index contributed by atoms with van der Waals surface area (Å²) in [6.45, 7) is 0.721. The molecule has 1 aliphatic carbocycles. The molecule has 0 heterocycles. The lowest BCUT2D eigenvalue weighted by Crippen LogP contribution is -2.32. The molecule has 1 N–H and O–H groups in total. The molecule has 4 nitrogen and oxygen atoms in total. The highest BCUT2D eigenvalue weighted by molar-refractivity contribution is 5.78. The maximum Gasteiger partial charge on any atom is 0.224 e. The van der Waals surface area contributed by atoms with Crippen molar-refractivity contribution in [1.29, 1.82) is 0 Å². The van der Waals surface area contributed by atoms with Crippen LogP contribution >= 0.6 is 0 Å². The Morgan fingerprint density at radius 1 is 1.13 bits per heavy atom. The zero-order chi connectivity index (χ0) is 22.2. The summed E-state index contributed by atoms with van der Waals surface area (Å²) in [6, 6.07) is 14.9. The second-order valence-electron chi connectivity index (χ2n) is 8.91. The molecule has 1 saturated carbocycles. The van der Waals surface area contributed by atoms with E-state index >= 15 is 0 Å². The highest BCUT2D eigenvalue weighted by Crippen LogP contribution is 2.40. The van der Waals surface area contributed by atoms with Crippen LogP contribution in [0.3, 0.4) is 0 Å². The first-order valence-electron chi connectivity index (χ1n) is 11.3. The SMILES string of the molecule is COc1cccc(CC(=O)NCCC2CCC(C(c3cccc(F)c3)N(C)C)CC2)c1. The number of halogens is 1. The van der Waals surface area contributed by atoms with Gasteiger partial charge in [-0.1, -0.05) is 37.1 Å². The molecule has 0 aromatic heterocycles. The maximum absolute atomic E-state index is 13.7. The number of ether oxygens (including phenoxy) is 1. The van der Waals surface area contributed by atoms with E-state index in [4.69, 9.17) is 4.74 Å². The van der Waals surface area contributed by atoms with Crippen LogP contribution in [0.1, 0.15) is 49.3 Å². The summed E-state index contributed by atoms with van der Waals surface area (Å²) in [5.74, 6) is 1.85. The molecule has 0 bridgehead atoms. The molecule has 0 saturated heterocycles. The number of hydrogen-bond donors (Lipinski definition) is 1. The van der Waals surface area contributed by atoms with E-state index in [-0.39, 0.29) is 17.8 Å². The topological polar surface area (TPSA) is 41.6 Å². The van der Waals surface area contributed by atoms with Gasteiger partial charge in [0.15, 0.2) is 0 Å². The van der Waals surface area contributed by atoms with E-state index in [1.54, 1.807) is 19.2 Å². The van der Waals surface area contributed by atoms with Gasteiger partial charge in [-0.15, -0.1) is 0 Å². The van der Waals surface area contributed by atoms with Crippen molar-refractivity contribution < 1.29 is 13.9 Å². The van der Waals surface area contributed by atoms with E-state index in [0.717, 1.165) is 55.5 Å². The van der Waals surface area contributed by atoms with Gasteiger partial charge in [0.25, 0.3) is 0 Å². The fraction of sp³-hybridized carbons (Fsp3) is 0.500. The van der Waals surface area contributed by atoms with Crippen LogP contribution < -0.4 is 10.1 Å². The Labute approximate surface area is 185 Å². The van der Waals surface area contributed by atoms with Gasteiger partial charge in [-0.2, -0.15) is 0 Å². The molecule has 5 heteroatoms. The van der Waals surface area contributed by atoms with E-state index < -0.39 is 0 Å². The molecule has 168 valence electrons. The average molecular weight is 427 g/mol. The van der Waals surface area contributed by atoms with Crippen molar-refractivity contribution in [2.45, 2.75) is 44.6 Å². The molecule has 0 radical (unpaired) electrons. The van der Waals surface area contributed by atoms with Crippen molar-refractivity contribution in [1.82, 2.24) is 10.2 Å². The van der Waals surface area contributed by atoms with Crippen LogP contribution in [0.4, 0.5) is 4.39 Å². The Bertz CT molecular complexity index is 847. The summed E-state index contributed by atoms with van der Waals surface area (Å²) in [7, 11) is 5.80. The standard InChI is InChI=1S/C26H35FN2O2/c1-29(2)26(22-7-5-8-23(27)18-22)21-12-10-19(11-13-21)14-15-28-25(30)17-20-6-4-9-24(16-20)31-3/h4-9,16,18-19,21,26H,10-15,17H2,1-3H3,(H,28,30). The van der Waals surface area contributed by atoms with E-state index in [2.05, 4.69) is 24.3 Å². The highest BCUT2D eigenvalue weighted by Gasteiger charge is 2.30. The molecule has 1 unspecified atom stereocenters. The van der Waals surface area contributed by atoms with Crippen LogP contribution in [0.5, 0.6) is 5.75 Å². The van der Waals surface area contributed by atoms with E-state index in [0.29, 0.717) is 18.3 Å². The molecule has 0 spiro atoms. The van der Waals surface area contributed by atoms with Crippen LogP contribution in [-0.2, 0) is 11.2 Å². The Morgan fingerprint density at radius 2 is 1.87 bits per heavy atom. The van der Waals surface area contributed by atoms with Crippen molar-refractivity contribution in [3.05, 3.63) is 65.5 Å². The summed E-state index contributed by atoms with van der Waals surface area (Å²) in [6.07, 6.45) is 6.00. The zero-order valence-corrected chi connectivity index (χ0v) is 18.9. The first kappa shape index (κ1) is 23.3. The average Bonchev–Trinajstić information content (AvgIpc) is 2.75. The molecular formula is C26H35FN2O2. The van der Waals surface area contributed by atoms with E-state index in [9.17, 15) is 9.18 Å². The first-order chi connectivity index (χ1) is 15.0. The third-order valence-electron chi connectivity index (χ3n) is 6.46. The molecule has 2 aromatic carbocycles. The van der Waals surface area contributed by atoms with Gasteiger partial charge in [0.1, 0.15) is 11.6 Å². The lowest BCUT2D eigenvalue weighted by atomic mass is 9.75. The number of methoxy groups -OCH3 is 1. The van der Waals surface area contributed by atoms with Gasteiger partial charge in [-0.25, -0.2) is 4.39 Å². The summed E-state index contributed by atoms with van der Waals surface area (Å²) in [5.41, 5.74) is 2.03. The van der Waals surface area contributed by atoms with Crippen LogP contribution in [-0.4, -0.2) is 38.6 Å². The number of hydrogen-bond acceptors (Lipinski definition) is 3. The second kappa shape index (κ2) is 11.3. The monoisotopic (exact) mass is 426 g/mol. The quantitative estimate of drug-likeness (QED) is 0.614. The van der Waals surface area contributed by atoms with Gasteiger partial charge in [-0.05, 0) is 80.6 Å². The molecule has 1 aliphatic rings. The lowest BCUT2D eigenvalue weighted by Gasteiger charge is -2.37. The number of benzene rings is 2. The Morgan fingerprint density at radius 3 is 2.55 bits per heavy atom. The molecule has 0 aliphatic heterocycles. The van der Waals surface area contributed by atoms with Crippen molar-refractivity contribution in [3.63, 3.8) is 0 Å². The van der Waals surface area contributed by atoms with Crippen molar-refractivity contribution >= 4 is 5.91 Å². The van der Waals surface area contributed by atoms with E-state index in [1.165, 1.54) is 6.07 Å². The zero-order valence-electron chi connectivity index (χ0n) is 18.9. The highest BCUT2D eigenvalue weighted by atomic mass is 19.1. The minimum absolute atomic E-state index is 0.0562. The van der Waals surface area contributed by atoms with Gasteiger partial charge in [0.2, 0.25) is 5.91 Å². The van der Waals surface area contributed by atoms with Crippen LogP contribution in [0, 0.1) is 17.7 Å². The van der Waals surface area contributed by atoms with Gasteiger partial charge < -0.3 is 15.0 Å².